The van der Waals surface area contributed by atoms with Crippen molar-refractivity contribution in [3.8, 4) is 0 Å². The maximum atomic E-state index is 12.6. The average molecular weight is 381 g/mol. The Morgan fingerprint density at radius 1 is 1.35 bits per heavy atom. The fraction of sp³-hybridized carbons (Fsp3) is 0.556. The van der Waals surface area contributed by atoms with Crippen LogP contribution in [0.3, 0.4) is 0 Å². The maximum absolute atomic E-state index is 12.6. The summed E-state index contributed by atoms with van der Waals surface area (Å²) in [6, 6.07) is 7.45. The van der Waals surface area contributed by atoms with Crippen LogP contribution in [-0.2, 0) is 9.59 Å². The molecule has 0 aromatic heterocycles. The summed E-state index contributed by atoms with van der Waals surface area (Å²) in [5.41, 5.74) is 0.582. The SMILES string of the molecule is C[C@@H](NC(=O)[C@@H]1CCCN1C(=O)C(C)(C)C)c1cccc(Br)c1. The van der Waals surface area contributed by atoms with Crippen LogP contribution in [0.4, 0.5) is 0 Å². The molecule has 1 aromatic rings. The van der Waals surface area contributed by atoms with E-state index in [9.17, 15) is 9.59 Å². The Kier molecular flexibility index (Phi) is 5.50. The van der Waals surface area contributed by atoms with E-state index in [4.69, 9.17) is 0 Å². The minimum Gasteiger partial charge on any atom is -0.348 e. The molecule has 23 heavy (non-hydrogen) atoms. The lowest BCUT2D eigenvalue weighted by Crippen LogP contribution is -2.49. The van der Waals surface area contributed by atoms with Crippen LogP contribution in [0.25, 0.3) is 0 Å². The molecule has 1 fully saturated rings. The highest BCUT2D eigenvalue weighted by Crippen LogP contribution is 2.26. The molecule has 126 valence electrons. The maximum Gasteiger partial charge on any atom is 0.243 e. The molecule has 2 amide bonds. The average Bonchev–Trinajstić information content (AvgIpc) is 2.94. The van der Waals surface area contributed by atoms with Crippen molar-refractivity contribution in [2.45, 2.75) is 52.6 Å². The number of likely N-dealkylation sites (tertiary alicyclic amines) is 1. The molecule has 1 aromatic carbocycles. The van der Waals surface area contributed by atoms with Crippen molar-refractivity contribution >= 4 is 27.7 Å². The topological polar surface area (TPSA) is 49.4 Å². The van der Waals surface area contributed by atoms with Gasteiger partial charge in [-0.2, -0.15) is 0 Å². The van der Waals surface area contributed by atoms with Crippen LogP contribution in [0.2, 0.25) is 0 Å². The van der Waals surface area contributed by atoms with Crippen molar-refractivity contribution < 1.29 is 9.59 Å². The summed E-state index contributed by atoms with van der Waals surface area (Å²) < 4.78 is 0.988. The van der Waals surface area contributed by atoms with Crippen molar-refractivity contribution in [3.63, 3.8) is 0 Å². The quantitative estimate of drug-likeness (QED) is 0.869. The predicted octanol–water partition coefficient (Wildman–Crippen LogP) is 3.66. The number of carbonyl (C=O) groups excluding carboxylic acids is 2. The highest BCUT2D eigenvalue weighted by Gasteiger charge is 2.38. The van der Waals surface area contributed by atoms with Crippen molar-refractivity contribution in [1.29, 1.82) is 0 Å². The Bertz CT molecular complexity index is 595. The standard InChI is InChI=1S/C18H25BrN2O2/c1-12(13-7-5-8-14(19)11-13)20-16(22)15-9-6-10-21(15)17(23)18(2,3)4/h5,7-8,11-12,15H,6,9-10H2,1-4H3,(H,20,22)/t12-,15+/m1/s1. The number of nitrogens with one attached hydrogen (secondary N) is 1. The molecule has 1 aliphatic rings. The number of halogens is 1. The molecule has 0 bridgehead atoms. The van der Waals surface area contributed by atoms with Gasteiger partial charge in [-0.15, -0.1) is 0 Å². The smallest absolute Gasteiger partial charge is 0.243 e. The van der Waals surface area contributed by atoms with E-state index in [0.717, 1.165) is 22.9 Å². The number of nitrogens with zero attached hydrogens (tertiary/aromatic N) is 1. The normalized spacial score (nSPS) is 19.5. The number of carbonyl (C=O) groups is 2. The summed E-state index contributed by atoms with van der Waals surface area (Å²) in [5, 5.41) is 3.05. The lowest BCUT2D eigenvalue weighted by Gasteiger charge is -2.31. The Hall–Kier alpha value is -1.36. The minimum absolute atomic E-state index is 0.0465. The van der Waals surface area contributed by atoms with Crippen LogP contribution in [0.15, 0.2) is 28.7 Å². The summed E-state index contributed by atoms with van der Waals surface area (Å²) in [4.78, 5) is 26.9. The first-order valence-electron chi connectivity index (χ1n) is 8.07. The molecule has 1 aliphatic heterocycles. The van der Waals surface area contributed by atoms with Crippen LogP contribution in [0.1, 0.15) is 52.1 Å². The molecule has 2 rings (SSSR count). The van der Waals surface area contributed by atoms with E-state index in [1.54, 1.807) is 4.90 Å². The monoisotopic (exact) mass is 380 g/mol. The highest BCUT2D eigenvalue weighted by atomic mass is 79.9. The molecule has 0 radical (unpaired) electrons. The van der Waals surface area contributed by atoms with Gasteiger partial charge >= 0.3 is 0 Å². The third-order valence-corrected chi connectivity index (χ3v) is 4.66. The first kappa shape index (κ1) is 18.0. The number of benzene rings is 1. The number of hydrogen-bond acceptors (Lipinski definition) is 2. The van der Waals surface area contributed by atoms with Gasteiger partial charge in [0.1, 0.15) is 6.04 Å². The van der Waals surface area contributed by atoms with E-state index < -0.39 is 5.41 Å². The molecule has 1 heterocycles. The molecule has 0 spiro atoms. The molecular weight excluding hydrogens is 356 g/mol. The van der Waals surface area contributed by atoms with Crippen LogP contribution in [0.5, 0.6) is 0 Å². The van der Waals surface area contributed by atoms with Gasteiger partial charge in [-0.05, 0) is 37.5 Å². The summed E-state index contributed by atoms with van der Waals surface area (Å²) in [6.45, 7) is 8.32. The Morgan fingerprint density at radius 2 is 2.04 bits per heavy atom. The van der Waals surface area contributed by atoms with Gasteiger partial charge < -0.3 is 10.2 Å². The van der Waals surface area contributed by atoms with Gasteiger partial charge in [0.05, 0.1) is 6.04 Å². The van der Waals surface area contributed by atoms with Gasteiger partial charge in [-0.3, -0.25) is 9.59 Å². The Balaban J connectivity index is 2.06. The first-order chi connectivity index (χ1) is 10.7. The van der Waals surface area contributed by atoms with Crippen molar-refractivity contribution in [1.82, 2.24) is 10.2 Å². The van der Waals surface area contributed by atoms with E-state index in [1.807, 2.05) is 52.0 Å². The molecule has 5 heteroatoms. The molecule has 1 N–H and O–H groups in total. The van der Waals surface area contributed by atoms with Crippen LogP contribution >= 0.6 is 15.9 Å². The third-order valence-electron chi connectivity index (χ3n) is 4.17. The van der Waals surface area contributed by atoms with Gasteiger partial charge in [0.2, 0.25) is 11.8 Å². The van der Waals surface area contributed by atoms with E-state index in [1.165, 1.54) is 0 Å². The second kappa shape index (κ2) is 7.04. The first-order valence-corrected chi connectivity index (χ1v) is 8.86. The summed E-state index contributed by atoms with van der Waals surface area (Å²) in [6.07, 6.45) is 1.62. The number of rotatable bonds is 3. The van der Waals surface area contributed by atoms with Gasteiger partial charge in [-0.25, -0.2) is 0 Å². The van der Waals surface area contributed by atoms with Gasteiger partial charge in [0.15, 0.2) is 0 Å². The molecule has 2 atom stereocenters. The van der Waals surface area contributed by atoms with Crippen LogP contribution < -0.4 is 5.32 Å². The third kappa shape index (κ3) is 4.34. The number of amides is 2. The summed E-state index contributed by atoms with van der Waals surface area (Å²) in [5.74, 6) is -0.0159. The molecule has 0 unspecified atom stereocenters. The van der Waals surface area contributed by atoms with E-state index in [2.05, 4.69) is 21.2 Å². The second-order valence-electron chi connectivity index (χ2n) is 7.19. The van der Waals surface area contributed by atoms with Crippen LogP contribution in [0, 0.1) is 5.41 Å². The van der Waals surface area contributed by atoms with E-state index in [0.29, 0.717) is 6.54 Å². The number of hydrogen-bond donors (Lipinski definition) is 1. The Morgan fingerprint density at radius 3 is 2.65 bits per heavy atom. The minimum atomic E-state index is -0.460. The van der Waals surface area contributed by atoms with E-state index >= 15 is 0 Å². The van der Waals surface area contributed by atoms with Gasteiger partial charge in [0, 0.05) is 16.4 Å². The lowest BCUT2D eigenvalue weighted by atomic mass is 9.94. The zero-order valence-corrected chi connectivity index (χ0v) is 15.8. The van der Waals surface area contributed by atoms with Crippen molar-refractivity contribution in [2.24, 2.45) is 5.41 Å². The van der Waals surface area contributed by atoms with Crippen molar-refractivity contribution in [3.05, 3.63) is 34.3 Å². The molecule has 1 saturated heterocycles. The molecular formula is C18H25BrN2O2. The van der Waals surface area contributed by atoms with Crippen LogP contribution in [-0.4, -0.2) is 29.3 Å². The fourth-order valence-electron chi connectivity index (χ4n) is 2.88. The zero-order valence-electron chi connectivity index (χ0n) is 14.2. The van der Waals surface area contributed by atoms with E-state index in [-0.39, 0.29) is 23.9 Å². The predicted molar refractivity (Wildman–Crippen MR) is 94.9 cm³/mol. The zero-order chi connectivity index (χ0) is 17.2. The fourth-order valence-corrected chi connectivity index (χ4v) is 3.30. The second-order valence-corrected chi connectivity index (χ2v) is 8.11. The van der Waals surface area contributed by atoms with Gasteiger partial charge in [0.25, 0.3) is 0 Å². The lowest BCUT2D eigenvalue weighted by molar-refractivity contribution is -0.144. The highest BCUT2D eigenvalue weighted by molar-refractivity contribution is 9.10. The van der Waals surface area contributed by atoms with Crippen molar-refractivity contribution in [2.75, 3.05) is 6.54 Å². The molecule has 0 saturated carbocycles. The largest absolute Gasteiger partial charge is 0.348 e. The Labute approximate surface area is 146 Å². The molecule has 0 aliphatic carbocycles. The summed E-state index contributed by atoms with van der Waals surface area (Å²) in [7, 11) is 0. The molecule has 4 nitrogen and oxygen atoms in total. The summed E-state index contributed by atoms with van der Waals surface area (Å²) >= 11 is 3.45. The van der Waals surface area contributed by atoms with Gasteiger partial charge in [-0.1, -0.05) is 48.8 Å².